The topological polar surface area (TPSA) is 76.4 Å². The van der Waals surface area contributed by atoms with Crippen molar-refractivity contribution in [1.29, 1.82) is 0 Å². The monoisotopic (exact) mass is 244 g/mol. The van der Waals surface area contributed by atoms with Crippen LogP contribution >= 0.6 is 0 Å². The second-order valence-corrected chi connectivity index (χ2v) is 4.33. The lowest BCUT2D eigenvalue weighted by Gasteiger charge is -2.09. The SMILES string of the molecule is Cc1cc(C)n(-c2ccc(/C(N)=N/O)cc2C)n1. The molecule has 5 nitrogen and oxygen atoms in total. The first-order valence-corrected chi connectivity index (χ1v) is 5.65. The fourth-order valence-corrected chi connectivity index (χ4v) is 1.98. The van der Waals surface area contributed by atoms with E-state index in [0.29, 0.717) is 5.56 Å². The summed E-state index contributed by atoms with van der Waals surface area (Å²) in [6, 6.07) is 7.63. The average Bonchev–Trinajstić information content (AvgIpc) is 2.67. The van der Waals surface area contributed by atoms with Crippen LogP contribution in [0.1, 0.15) is 22.5 Å². The second kappa shape index (κ2) is 4.52. The molecule has 1 heterocycles. The minimum atomic E-state index is 0.109. The van der Waals surface area contributed by atoms with Crippen LogP contribution in [0.25, 0.3) is 5.69 Å². The zero-order chi connectivity index (χ0) is 13.3. The molecule has 18 heavy (non-hydrogen) atoms. The Kier molecular flexibility index (Phi) is 3.06. The first kappa shape index (κ1) is 12.2. The molecule has 5 heteroatoms. The molecule has 0 aliphatic carbocycles. The number of hydrogen-bond acceptors (Lipinski definition) is 3. The molecule has 0 bridgehead atoms. The van der Waals surface area contributed by atoms with Crippen molar-refractivity contribution in [2.24, 2.45) is 10.9 Å². The summed E-state index contributed by atoms with van der Waals surface area (Å²) in [7, 11) is 0. The van der Waals surface area contributed by atoms with E-state index in [1.54, 1.807) is 0 Å². The van der Waals surface area contributed by atoms with Crippen molar-refractivity contribution in [1.82, 2.24) is 9.78 Å². The van der Waals surface area contributed by atoms with E-state index in [-0.39, 0.29) is 5.84 Å². The molecular formula is C13H16N4O. The molecule has 0 atom stereocenters. The van der Waals surface area contributed by atoms with Gasteiger partial charge in [-0.25, -0.2) is 4.68 Å². The summed E-state index contributed by atoms with van der Waals surface area (Å²) in [6.45, 7) is 5.94. The van der Waals surface area contributed by atoms with Gasteiger partial charge in [-0.2, -0.15) is 5.10 Å². The lowest BCUT2D eigenvalue weighted by atomic mass is 10.1. The van der Waals surface area contributed by atoms with Crippen LogP contribution in [-0.2, 0) is 0 Å². The summed E-state index contributed by atoms with van der Waals surface area (Å²) < 4.78 is 1.89. The van der Waals surface area contributed by atoms with Crippen molar-refractivity contribution in [2.45, 2.75) is 20.8 Å². The van der Waals surface area contributed by atoms with Gasteiger partial charge >= 0.3 is 0 Å². The van der Waals surface area contributed by atoms with Gasteiger partial charge in [-0.15, -0.1) is 0 Å². The highest BCUT2D eigenvalue weighted by Gasteiger charge is 2.08. The van der Waals surface area contributed by atoms with Crippen molar-refractivity contribution in [2.75, 3.05) is 0 Å². The Hall–Kier alpha value is -2.30. The fourth-order valence-electron chi connectivity index (χ4n) is 1.98. The van der Waals surface area contributed by atoms with E-state index in [1.807, 2.05) is 49.7 Å². The zero-order valence-electron chi connectivity index (χ0n) is 10.7. The molecular weight excluding hydrogens is 228 g/mol. The van der Waals surface area contributed by atoms with Crippen LogP contribution < -0.4 is 5.73 Å². The summed E-state index contributed by atoms with van der Waals surface area (Å²) in [4.78, 5) is 0. The second-order valence-electron chi connectivity index (χ2n) is 4.33. The van der Waals surface area contributed by atoms with Crippen molar-refractivity contribution < 1.29 is 5.21 Å². The Morgan fingerprint density at radius 2 is 2.00 bits per heavy atom. The normalized spacial score (nSPS) is 11.8. The first-order chi connectivity index (χ1) is 8.52. The molecule has 2 aromatic rings. The van der Waals surface area contributed by atoms with Gasteiger partial charge in [-0.3, -0.25) is 0 Å². The van der Waals surface area contributed by atoms with E-state index >= 15 is 0 Å². The third kappa shape index (κ3) is 2.07. The van der Waals surface area contributed by atoms with Crippen molar-refractivity contribution >= 4 is 5.84 Å². The van der Waals surface area contributed by atoms with E-state index in [4.69, 9.17) is 10.9 Å². The summed E-state index contributed by atoms with van der Waals surface area (Å²) in [6.07, 6.45) is 0. The summed E-state index contributed by atoms with van der Waals surface area (Å²) in [5.41, 5.74) is 10.3. The highest BCUT2D eigenvalue weighted by atomic mass is 16.4. The standard InChI is InChI=1S/C13H16N4O/c1-8-6-11(13(14)16-18)4-5-12(8)17-10(3)7-9(2)15-17/h4-7,18H,1-3H3,(H2,14,16). The third-order valence-corrected chi connectivity index (χ3v) is 2.84. The van der Waals surface area contributed by atoms with Crippen molar-refractivity contribution in [3.63, 3.8) is 0 Å². The molecule has 1 aromatic carbocycles. The maximum absolute atomic E-state index is 8.66. The number of aromatic nitrogens is 2. The lowest BCUT2D eigenvalue weighted by Crippen LogP contribution is -2.13. The van der Waals surface area contributed by atoms with E-state index in [2.05, 4.69) is 10.3 Å². The number of benzene rings is 1. The Balaban J connectivity index is 2.51. The van der Waals surface area contributed by atoms with E-state index in [0.717, 1.165) is 22.6 Å². The maximum atomic E-state index is 8.66. The Labute approximate surface area is 106 Å². The van der Waals surface area contributed by atoms with Gasteiger partial charge in [0.1, 0.15) is 0 Å². The minimum Gasteiger partial charge on any atom is -0.409 e. The number of aryl methyl sites for hydroxylation is 3. The molecule has 0 aliphatic heterocycles. The van der Waals surface area contributed by atoms with Gasteiger partial charge in [0.2, 0.25) is 0 Å². The molecule has 0 radical (unpaired) electrons. The van der Waals surface area contributed by atoms with Gasteiger partial charge in [0.05, 0.1) is 11.4 Å². The molecule has 0 amide bonds. The molecule has 0 saturated carbocycles. The van der Waals surface area contributed by atoms with Gasteiger partial charge < -0.3 is 10.9 Å². The summed E-state index contributed by atoms with van der Waals surface area (Å²) in [5.74, 6) is 0.109. The maximum Gasteiger partial charge on any atom is 0.170 e. The predicted octanol–water partition coefficient (Wildman–Crippen LogP) is 1.89. The average molecular weight is 244 g/mol. The van der Waals surface area contributed by atoms with E-state index in [1.165, 1.54) is 0 Å². The predicted molar refractivity (Wildman–Crippen MR) is 70.3 cm³/mol. The number of oxime groups is 1. The van der Waals surface area contributed by atoms with Crippen LogP contribution in [0.4, 0.5) is 0 Å². The zero-order valence-corrected chi connectivity index (χ0v) is 10.7. The van der Waals surface area contributed by atoms with Crippen LogP contribution in [0.3, 0.4) is 0 Å². The highest BCUT2D eigenvalue weighted by molar-refractivity contribution is 5.97. The van der Waals surface area contributed by atoms with E-state index < -0.39 is 0 Å². The van der Waals surface area contributed by atoms with Gasteiger partial charge in [0.25, 0.3) is 0 Å². The van der Waals surface area contributed by atoms with Gasteiger partial charge in [-0.1, -0.05) is 5.16 Å². The van der Waals surface area contributed by atoms with Gasteiger partial charge in [0, 0.05) is 11.3 Å². The first-order valence-electron chi connectivity index (χ1n) is 5.65. The molecule has 0 fully saturated rings. The van der Waals surface area contributed by atoms with Gasteiger partial charge in [-0.05, 0) is 50.6 Å². The van der Waals surface area contributed by atoms with Crippen LogP contribution in [0, 0.1) is 20.8 Å². The number of nitrogens with two attached hydrogens (primary N) is 1. The largest absolute Gasteiger partial charge is 0.409 e. The Morgan fingerprint density at radius 3 is 2.50 bits per heavy atom. The number of hydrogen-bond donors (Lipinski definition) is 2. The molecule has 0 unspecified atom stereocenters. The van der Waals surface area contributed by atoms with Crippen molar-refractivity contribution in [3.8, 4) is 5.69 Å². The molecule has 0 aliphatic rings. The quantitative estimate of drug-likeness (QED) is 0.366. The third-order valence-electron chi connectivity index (χ3n) is 2.84. The van der Waals surface area contributed by atoms with Crippen LogP contribution in [-0.4, -0.2) is 20.8 Å². The Bertz CT molecular complexity index is 613. The fraction of sp³-hybridized carbons (Fsp3) is 0.231. The Morgan fingerprint density at radius 1 is 1.28 bits per heavy atom. The number of rotatable bonds is 2. The molecule has 0 spiro atoms. The summed E-state index contributed by atoms with van der Waals surface area (Å²) in [5, 5.41) is 16.1. The molecule has 1 aromatic heterocycles. The van der Waals surface area contributed by atoms with Crippen LogP contribution in [0.15, 0.2) is 29.4 Å². The minimum absolute atomic E-state index is 0.109. The van der Waals surface area contributed by atoms with E-state index in [9.17, 15) is 0 Å². The molecule has 3 N–H and O–H groups in total. The van der Waals surface area contributed by atoms with Crippen molar-refractivity contribution in [3.05, 3.63) is 46.8 Å². The highest BCUT2D eigenvalue weighted by Crippen LogP contribution is 2.17. The van der Waals surface area contributed by atoms with Crippen LogP contribution in [0.5, 0.6) is 0 Å². The molecule has 94 valence electrons. The molecule has 0 saturated heterocycles. The number of amidine groups is 1. The van der Waals surface area contributed by atoms with Gasteiger partial charge in [0.15, 0.2) is 5.84 Å². The van der Waals surface area contributed by atoms with Crippen LogP contribution in [0.2, 0.25) is 0 Å². The molecule has 2 rings (SSSR count). The smallest absolute Gasteiger partial charge is 0.170 e. The summed E-state index contributed by atoms with van der Waals surface area (Å²) >= 11 is 0. The lowest BCUT2D eigenvalue weighted by molar-refractivity contribution is 0.318. The number of nitrogens with zero attached hydrogens (tertiary/aromatic N) is 3.